The van der Waals surface area contributed by atoms with Gasteiger partial charge in [0.2, 0.25) is 5.91 Å². The molecule has 2 rings (SSSR count). The van der Waals surface area contributed by atoms with E-state index in [-0.39, 0.29) is 25.0 Å². The highest BCUT2D eigenvalue weighted by molar-refractivity contribution is 5.73. The van der Waals surface area contributed by atoms with E-state index < -0.39 is 0 Å². The van der Waals surface area contributed by atoms with Crippen molar-refractivity contribution in [3.8, 4) is 5.75 Å². The number of ether oxygens (including phenoxy) is 1. The van der Waals surface area contributed by atoms with Crippen molar-refractivity contribution in [3.05, 3.63) is 24.3 Å². The maximum absolute atomic E-state index is 10.7. The zero-order chi connectivity index (χ0) is 14.4. The van der Waals surface area contributed by atoms with Gasteiger partial charge in [-0.1, -0.05) is 12.1 Å². The van der Waals surface area contributed by atoms with Crippen molar-refractivity contribution < 1.29 is 14.6 Å². The number of hydrogen-bond acceptors (Lipinski definition) is 4. The number of para-hydroxylation sites is 2. The number of primary amides is 1. The second kappa shape index (κ2) is 7.14. The van der Waals surface area contributed by atoms with Crippen LogP contribution in [0.2, 0.25) is 0 Å². The van der Waals surface area contributed by atoms with Gasteiger partial charge in [-0.3, -0.25) is 4.79 Å². The van der Waals surface area contributed by atoms with Gasteiger partial charge in [0, 0.05) is 6.04 Å². The maximum Gasteiger partial charge on any atom is 0.220 e. The molecule has 1 amide bonds. The third-order valence-corrected chi connectivity index (χ3v) is 3.55. The van der Waals surface area contributed by atoms with Crippen LogP contribution in [0.3, 0.4) is 0 Å². The van der Waals surface area contributed by atoms with Crippen LogP contribution >= 0.6 is 0 Å². The Morgan fingerprint density at radius 2 is 2.00 bits per heavy atom. The number of carbonyl (C=O) groups excluding carboxylic acids is 1. The number of carbonyl (C=O) groups is 1. The van der Waals surface area contributed by atoms with Crippen LogP contribution in [0, 0.1) is 0 Å². The van der Waals surface area contributed by atoms with Gasteiger partial charge in [-0.2, -0.15) is 0 Å². The molecule has 0 atom stereocenters. The lowest BCUT2D eigenvalue weighted by atomic mass is 9.93. The molecule has 0 aliphatic heterocycles. The van der Waals surface area contributed by atoms with Crippen molar-refractivity contribution in [2.45, 2.75) is 44.2 Å². The molecule has 0 saturated heterocycles. The van der Waals surface area contributed by atoms with Crippen molar-refractivity contribution in [3.63, 3.8) is 0 Å². The maximum atomic E-state index is 10.7. The Bertz CT molecular complexity index is 442. The highest BCUT2D eigenvalue weighted by Gasteiger charge is 2.19. The second-order valence-electron chi connectivity index (χ2n) is 5.21. The number of aliphatic hydroxyl groups excluding tert-OH is 1. The Labute approximate surface area is 119 Å². The van der Waals surface area contributed by atoms with Gasteiger partial charge in [0.1, 0.15) is 5.75 Å². The number of amides is 1. The van der Waals surface area contributed by atoms with Crippen LogP contribution in [0.25, 0.3) is 0 Å². The van der Waals surface area contributed by atoms with E-state index in [2.05, 4.69) is 5.32 Å². The summed E-state index contributed by atoms with van der Waals surface area (Å²) in [5, 5.41) is 13.0. The van der Waals surface area contributed by atoms with Crippen LogP contribution < -0.4 is 15.8 Å². The van der Waals surface area contributed by atoms with E-state index in [9.17, 15) is 9.90 Å². The lowest BCUT2D eigenvalue weighted by Crippen LogP contribution is -2.28. The summed E-state index contributed by atoms with van der Waals surface area (Å²) in [6.45, 7) is 0.289. The van der Waals surface area contributed by atoms with E-state index in [0.29, 0.717) is 6.04 Å². The van der Waals surface area contributed by atoms with Gasteiger partial charge >= 0.3 is 0 Å². The highest BCUT2D eigenvalue weighted by atomic mass is 16.5. The Morgan fingerprint density at radius 1 is 1.30 bits per heavy atom. The third-order valence-electron chi connectivity index (χ3n) is 3.55. The number of hydrogen-bond donors (Lipinski definition) is 3. The molecule has 1 saturated carbocycles. The Balaban J connectivity index is 1.91. The lowest BCUT2D eigenvalue weighted by molar-refractivity contribution is -0.118. The quantitative estimate of drug-likeness (QED) is 0.739. The number of anilines is 1. The molecule has 0 bridgehead atoms. The monoisotopic (exact) mass is 278 g/mol. The fraction of sp³-hybridized carbons (Fsp3) is 0.533. The van der Waals surface area contributed by atoms with Gasteiger partial charge in [0.25, 0.3) is 0 Å². The van der Waals surface area contributed by atoms with Crippen LogP contribution in [0.4, 0.5) is 5.69 Å². The van der Waals surface area contributed by atoms with Crippen LogP contribution in [0.15, 0.2) is 24.3 Å². The molecule has 1 aliphatic rings. The second-order valence-corrected chi connectivity index (χ2v) is 5.21. The van der Waals surface area contributed by atoms with Crippen molar-refractivity contribution in [1.29, 1.82) is 0 Å². The van der Waals surface area contributed by atoms with Crippen molar-refractivity contribution in [2.24, 2.45) is 5.73 Å². The minimum absolute atomic E-state index is 0.157. The molecule has 0 heterocycles. The SMILES string of the molecule is NC(=O)CCOc1ccccc1NC1CCC(O)CC1. The first kappa shape index (κ1) is 14.7. The summed E-state index contributed by atoms with van der Waals surface area (Å²) >= 11 is 0. The molecule has 0 aromatic heterocycles. The fourth-order valence-electron chi connectivity index (χ4n) is 2.41. The molecule has 0 unspecified atom stereocenters. The summed E-state index contributed by atoms with van der Waals surface area (Å²) in [5.41, 5.74) is 6.03. The van der Waals surface area contributed by atoms with E-state index in [1.165, 1.54) is 0 Å². The molecule has 5 nitrogen and oxygen atoms in total. The van der Waals surface area contributed by atoms with Gasteiger partial charge in [-0.15, -0.1) is 0 Å². The number of nitrogens with one attached hydrogen (secondary N) is 1. The minimum atomic E-state index is -0.364. The van der Waals surface area contributed by atoms with Crippen LogP contribution in [-0.4, -0.2) is 29.8 Å². The average molecular weight is 278 g/mol. The van der Waals surface area contributed by atoms with Crippen molar-refractivity contribution in [1.82, 2.24) is 0 Å². The predicted octanol–water partition coefficient (Wildman–Crippen LogP) is 1.66. The van der Waals surface area contributed by atoms with E-state index in [1.54, 1.807) is 0 Å². The fourth-order valence-corrected chi connectivity index (χ4v) is 2.41. The molecular formula is C15H22N2O3. The summed E-state index contributed by atoms with van der Waals surface area (Å²) in [6.07, 6.45) is 3.64. The molecule has 0 spiro atoms. The predicted molar refractivity (Wildman–Crippen MR) is 77.6 cm³/mol. The molecule has 0 radical (unpaired) electrons. The number of nitrogens with two attached hydrogens (primary N) is 1. The molecule has 4 N–H and O–H groups in total. The molecular weight excluding hydrogens is 256 g/mol. The molecule has 110 valence electrons. The largest absolute Gasteiger partial charge is 0.491 e. The average Bonchev–Trinajstić information content (AvgIpc) is 2.43. The molecule has 1 fully saturated rings. The third kappa shape index (κ3) is 4.42. The molecule has 1 aromatic carbocycles. The number of rotatable bonds is 6. The van der Waals surface area contributed by atoms with Gasteiger partial charge in [0.05, 0.1) is 24.8 Å². The molecule has 1 aromatic rings. The summed E-state index contributed by atoms with van der Waals surface area (Å²) in [7, 11) is 0. The number of benzene rings is 1. The number of aliphatic hydroxyl groups is 1. The van der Waals surface area contributed by atoms with Crippen LogP contribution in [-0.2, 0) is 4.79 Å². The van der Waals surface area contributed by atoms with E-state index >= 15 is 0 Å². The first-order chi connectivity index (χ1) is 9.65. The molecule has 5 heteroatoms. The standard InChI is InChI=1S/C15H22N2O3/c16-15(19)9-10-20-14-4-2-1-3-13(14)17-11-5-7-12(18)8-6-11/h1-4,11-12,17-18H,5-10H2,(H2,16,19). The summed E-state index contributed by atoms with van der Waals surface area (Å²) < 4.78 is 5.60. The molecule has 1 aliphatic carbocycles. The molecule has 20 heavy (non-hydrogen) atoms. The lowest BCUT2D eigenvalue weighted by Gasteiger charge is -2.27. The van der Waals surface area contributed by atoms with Gasteiger partial charge in [-0.05, 0) is 37.8 Å². The Kier molecular flexibility index (Phi) is 5.24. The zero-order valence-electron chi connectivity index (χ0n) is 11.5. The van der Waals surface area contributed by atoms with Gasteiger partial charge in [0.15, 0.2) is 0 Å². The van der Waals surface area contributed by atoms with Gasteiger partial charge < -0.3 is 20.9 Å². The van der Waals surface area contributed by atoms with E-state index in [0.717, 1.165) is 37.1 Å². The smallest absolute Gasteiger partial charge is 0.220 e. The van der Waals surface area contributed by atoms with Crippen LogP contribution in [0.1, 0.15) is 32.1 Å². The summed E-state index contributed by atoms with van der Waals surface area (Å²) in [5.74, 6) is 0.372. The normalized spacial score (nSPS) is 22.2. The van der Waals surface area contributed by atoms with Crippen LogP contribution in [0.5, 0.6) is 5.75 Å². The summed E-state index contributed by atoms with van der Waals surface area (Å²) in [4.78, 5) is 10.7. The minimum Gasteiger partial charge on any atom is -0.491 e. The van der Waals surface area contributed by atoms with E-state index in [4.69, 9.17) is 10.5 Å². The Hall–Kier alpha value is -1.75. The summed E-state index contributed by atoms with van der Waals surface area (Å²) in [6, 6.07) is 8.04. The van der Waals surface area contributed by atoms with Gasteiger partial charge in [-0.25, -0.2) is 0 Å². The van der Waals surface area contributed by atoms with Crippen molar-refractivity contribution >= 4 is 11.6 Å². The Morgan fingerprint density at radius 3 is 2.70 bits per heavy atom. The first-order valence-electron chi connectivity index (χ1n) is 7.10. The van der Waals surface area contributed by atoms with E-state index in [1.807, 2.05) is 24.3 Å². The first-order valence-corrected chi connectivity index (χ1v) is 7.10. The van der Waals surface area contributed by atoms with Crippen molar-refractivity contribution in [2.75, 3.05) is 11.9 Å². The highest BCUT2D eigenvalue weighted by Crippen LogP contribution is 2.28. The topological polar surface area (TPSA) is 84.6 Å². The zero-order valence-corrected chi connectivity index (χ0v) is 11.5.